The van der Waals surface area contributed by atoms with Crippen molar-refractivity contribution in [2.45, 2.75) is 11.0 Å². The average molecular weight is 280 g/mol. The van der Waals surface area contributed by atoms with Crippen molar-refractivity contribution in [3.05, 3.63) is 65.5 Å². The summed E-state index contributed by atoms with van der Waals surface area (Å²) in [5.74, 6) is -0.372. The van der Waals surface area contributed by atoms with E-state index in [-0.39, 0.29) is 10.7 Å². The predicted molar refractivity (Wildman–Crippen MR) is 70.0 cm³/mol. The van der Waals surface area contributed by atoms with Crippen LogP contribution in [-0.4, -0.2) is 19.8 Å². The maximum atomic E-state index is 12.8. The fourth-order valence-electron chi connectivity index (χ4n) is 1.73. The Morgan fingerprint density at radius 1 is 0.947 bits per heavy atom. The van der Waals surface area contributed by atoms with Gasteiger partial charge in [-0.2, -0.15) is 0 Å². The summed E-state index contributed by atoms with van der Waals surface area (Å²) in [4.78, 5) is 0.197. The minimum absolute atomic E-state index is 0.197. The Morgan fingerprint density at radius 2 is 1.37 bits per heavy atom. The van der Waals surface area contributed by atoms with Crippen molar-refractivity contribution in [3.8, 4) is 0 Å². The quantitative estimate of drug-likeness (QED) is 0.938. The topological polar surface area (TPSA) is 54.4 Å². The second-order valence-electron chi connectivity index (χ2n) is 4.30. The van der Waals surface area contributed by atoms with Crippen LogP contribution >= 0.6 is 0 Å². The van der Waals surface area contributed by atoms with Crippen LogP contribution in [0.25, 0.3) is 0 Å². The maximum absolute atomic E-state index is 12.8. The Labute approximate surface area is 111 Å². The Hall–Kier alpha value is -1.72. The van der Waals surface area contributed by atoms with Crippen LogP contribution in [0, 0.1) is 5.82 Å². The van der Waals surface area contributed by atoms with Gasteiger partial charge in [-0.05, 0) is 35.4 Å². The van der Waals surface area contributed by atoms with Gasteiger partial charge in [0.1, 0.15) is 11.9 Å². The van der Waals surface area contributed by atoms with Crippen LogP contribution in [0.15, 0.2) is 53.4 Å². The summed E-state index contributed by atoms with van der Waals surface area (Å²) >= 11 is 0. The highest BCUT2D eigenvalue weighted by Crippen LogP contribution is 2.23. The van der Waals surface area contributed by atoms with Gasteiger partial charge in [-0.25, -0.2) is 12.8 Å². The third kappa shape index (κ3) is 3.19. The average Bonchev–Trinajstić information content (AvgIpc) is 2.38. The molecule has 2 aromatic carbocycles. The Kier molecular flexibility index (Phi) is 3.68. The van der Waals surface area contributed by atoms with Crippen LogP contribution in [0.3, 0.4) is 0 Å². The molecule has 1 atom stereocenters. The lowest BCUT2D eigenvalue weighted by Gasteiger charge is -2.11. The van der Waals surface area contributed by atoms with E-state index in [0.717, 1.165) is 6.26 Å². The number of aliphatic hydroxyl groups is 1. The van der Waals surface area contributed by atoms with Crippen molar-refractivity contribution in [2.24, 2.45) is 0 Å². The van der Waals surface area contributed by atoms with Crippen LogP contribution in [0.2, 0.25) is 0 Å². The molecule has 0 amide bonds. The lowest BCUT2D eigenvalue weighted by atomic mass is 10.0. The van der Waals surface area contributed by atoms with Gasteiger partial charge < -0.3 is 5.11 Å². The largest absolute Gasteiger partial charge is 0.384 e. The van der Waals surface area contributed by atoms with Gasteiger partial charge in [0, 0.05) is 6.26 Å². The van der Waals surface area contributed by atoms with Crippen molar-refractivity contribution in [3.63, 3.8) is 0 Å². The maximum Gasteiger partial charge on any atom is 0.175 e. The summed E-state index contributed by atoms with van der Waals surface area (Å²) in [6, 6.07) is 11.5. The van der Waals surface area contributed by atoms with E-state index in [1.165, 1.54) is 36.4 Å². The molecular weight excluding hydrogens is 267 g/mol. The molecule has 100 valence electrons. The molecular formula is C14H13FO3S. The molecule has 0 spiro atoms. The van der Waals surface area contributed by atoms with Gasteiger partial charge in [0.05, 0.1) is 4.90 Å². The molecule has 0 saturated carbocycles. The minimum Gasteiger partial charge on any atom is -0.384 e. The first-order chi connectivity index (χ1) is 8.88. The molecule has 19 heavy (non-hydrogen) atoms. The molecule has 1 unspecified atom stereocenters. The van der Waals surface area contributed by atoms with Crippen molar-refractivity contribution in [1.82, 2.24) is 0 Å². The van der Waals surface area contributed by atoms with Crippen LogP contribution in [0.5, 0.6) is 0 Å². The highest BCUT2D eigenvalue weighted by atomic mass is 32.2. The summed E-state index contributed by atoms with van der Waals surface area (Å²) in [5.41, 5.74) is 1.10. The molecule has 5 heteroatoms. The van der Waals surface area contributed by atoms with Crippen LogP contribution in [0.4, 0.5) is 4.39 Å². The van der Waals surface area contributed by atoms with E-state index in [1.54, 1.807) is 12.1 Å². The van der Waals surface area contributed by atoms with Gasteiger partial charge >= 0.3 is 0 Å². The fraction of sp³-hybridized carbons (Fsp3) is 0.143. The molecule has 0 aliphatic carbocycles. The van der Waals surface area contributed by atoms with Crippen molar-refractivity contribution in [1.29, 1.82) is 0 Å². The summed E-state index contributed by atoms with van der Waals surface area (Å²) in [6.45, 7) is 0. The summed E-state index contributed by atoms with van der Waals surface area (Å²) in [7, 11) is -3.25. The van der Waals surface area contributed by atoms with E-state index in [0.29, 0.717) is 11.1 Å². The third-order valence-corrected chi connectivity index (χ3v) is 3.94. The smallest absolute Gasteiger partial charge is 0.175 e. The van der Waals surface area contributed by atoms with Gasteiger partial charge in [-0.1, -0.05) is 24.3 Å². The van der Waals surface area contributed by atoms with Crippen molar-refractivity contribution >= 4 is 9.84 Å². The lowest BCUT2D eigenvalue weighted by molar-refractivity contribution is 0.220. The highest BCUT2D eigenvalue weighted by molar-refractivity contribution is 7.90. The first-order valence-corrected chi connectivity index (χ1v) is 7.50. The predicted octanol–water partition coefficient (Wildman–Crippen LogP) is 2.31. The van der Waals surface area contributed by atoms with E-state index in [4.69, 9.17) is 0 Å². The second-order valence-corrected chi connectivity index (χ2v) is 6.31. The van der Waals surface area contributed by atoms with E-state index in [2.05, 4.69) is 0 Å². The normalized spacial score (nSPS) is 13.2. The number of aliphatic hydroxyl groups excluding tert-OH is 1. The molecule has 2 aromatic rings. The first kappa shape index (κ1) is 13.7. The molecule has 0 bridgehead atoms. The molecule has 3 nitrogen and oxygen atoms in total. The standard InChI is InChI=1S/C14H13FO3S/c1-19(17,18)13-8-4-11(5-9-13)14(16)10-2-6-12(15)7-3-10/h2-9,14,16H,1H3. The van der Waals surface area contributed by atoms with E-state index in [1.807, 2.05) is 0 Å². The van der Waals surface area contributed by atoms with E-state index >= 15 is 0 Å². The molecule has 0 aliphatic rings. The zero-order valence-electron chi connectivity index (χ0n) is 10.2. The molecule has 1 N–H and O–H groups in total. The summed E-state index contributed by atoms with van der Waals surface area (Å²) in [5, 5.41) is 10.1. The van der Waals surface area contributed by atoms with Gasteiger partial charge in [0.2, 0.25) is 0 Å². The van der Waals surface area contributed by atoms with Crippen LogP contribution in [-0.2, 0) is 9.84 Å². The number of halogens is 1. The third-order valence-electron chi connectivity index (χ3n) is 2.81. The zero-order valence-corrected chi connectivity index (χ0v) is 11.1. The van der Waals surface area contributed by atoms with E-state index in [9.17, 15) is 17.9 Å². The van der Waals surface area contributed by atoms with Gasteiger partial charge in [-0.3, -0.25) is 0 Å². The van der Waals surface area contributed by atoms with E-state index < -0.39 is 15.9 Å². The monoisotopic (exact) mass is 280 g/mol. The van der Waals surface area contributed by atoms with Gasteiger partial charge in [0.25, 0.3) is 0 Å². The zero-order chi connectivity index (χ0) is 14.0. The number of hydrogen-bond donors (Lipinski definition) is 1. The molecule has 0 aliphatic heterocycles. The fourth-order valence-corrected chi connectivity index (χ4v) is 2.37. The number of benzene rings is 2. The molecule has 0 fully saturated rings. The molecule has 0 heterocycles. The summed E-state index contributed by atoms with van der Waals surface area (Å²) in [6.07, 6.45) is 0.215. The minimum atomic E-state index is -3.25. The van der Waals surface area contributed by atoms with Crippen LogP contribution < -0.4 is 0 Å². The molecule has 2 rings (SSSR count). The number of rotatable bonds is 3. The Morgan fingerprint density at radius 3 is 1.79 bits per heavy atom. The summed E-state index contributed by atoms with van der Waals surface area (Å²) < 4.78 is 35.4. The molecule has 0 saturated heterocycles. The highest BCUT2D eigenvalue weighted by Gasteiger charge is 2.12. The van der Waals surface area contributed by atoms with Crippen LogP contribution in [0.1, 0.15) is 17.2 Å². The molecule has 0 aromatic heterocycles. The van der Waals surface area contributed by atoms with Crippen molar-refractivity contribution < 1.29 is 17.9 Å². The van der Waals surface area contributed by atoms with Crippen molar-refractivity contribution in [2.75, 3.05) is 6.26 Å². The molecule has 0 radical (unpaired) electrons. The first-order valence-electron chi connectivity index (χ1n) is 5.61. The second kappa shape index (κ2) is 5.11. The number of sulfone groups is 1. The Balaban J connectivity index is 2.30. The van der Waals surface area contributed by atoms with Gasteiger partial charge in [0.15, 0.2) is 9.84 Å². The Bertz CT molecular complexity index is 661. The SMILES string of the molecule is CS(=O)(=O)c1ccc(C(O)c2ccc(F)cc2)cc1. The lowest BCUT2D eigenvalue weighted by Crippen LogP contribution is -2.01. The number of hydrogen-bond acceptors (Lipinski definition) is 3. The van der Waals surface area contributed by atoms with Gasteiger partial charge in [-0.15, -0.1) is 0 Å².